The van der Waals surface area contributed by atoms with E-state index in [1.165, 1.54) is 0 Å². The maximum Gasteiger partial charge on any atom is 0.0134 e. The summed E-state index contributed by atoms with van der Waals surface area (Å²) >= 11 is 0. The van der Waals surface area contributed by atoms with Gasteiger partial charge in [0, 0.05) is 12.6 Å². The second-order valence-electron chi connectivity index (χ2n) is 1.21. The van der Waals surface area contributed by atoms with Crippen molar-refractivity contribution in [2.24, 2.45) is 11.5 Å². The highest BCUT2D eigenvalue weighted by Gasteiger charge is 1.79. The van der Waals surface area contributed by atoms with Crippen molar-refractivity contribution >= 4 is 0 Å². The van der Waals surface area contributed by atoms with Crippen LogP contribution in [-0.4, -0.2) is 12.6 Å². The Morgan fingerprint density at radius 2 is 2.00 bits per heavy atom. The Morgan fingerprint density at radius 3 is 2.00 bits per heavy atom. The molecular formula is C3H10N2. The molecule has 0 aliphatic rings. The van der Waals surface area contributed by atoms with Gasteiger partial charge < -0.3 is 11.5 Å². The average Bonchev–Trinajstić information content (AvgIpc) is 1.38. The van der Waals surface area contributed by atoms with Crippen LogP contribution in [0.25, 0.3) is 0 Å². The van der Waals surface area contributed by atoms with Crippen LogP contribution in [0.5, 0.6) is 0 Å². The van der Waals surface area contributed by atoms with E-state index in [2.05, 4.69) is 0 Å². The van der Waals surface area contributed by atoms with E-state index in [0.29, 0.717) is 6.54 Å². The van der Waals surface area contributed by atoms with Crippen LogP contribution in [-0.2, 0) is 0 Å². The maximum absolute atomic E-state index is 5.17. The molecule has 32 valence electrons. The Morgan fingerprint density at radius 1 is 1.80 bits per heavy atom. The fourth-order valence-corrected chi connectivity index (χ4v) is 0. The van der Waals surface area contributed by atoms with Gasteiger partial charge in [0.2, 0.25) is 0 Å². The minimum Gasteiger partial charge on any atom is -0.329 e. The lowest BCUT2D eigenvalue weighted by molar-refractivity contribution is 0.752. The first-order valence-electron chi connectivity index (χ1n) is 1.73. The van der Waals surface area contributed by atoms with Gasteiger partial charge in [0.05, 0.1) is 0 Å². The van der Waals surface area contributed by atoms with Crippen LogP contribution in [0, 0.1) is 0 Å². The molecule has 0 amide bonds. The highest BCUT2D eigenvalue weighted by molar-refractivity contribution is 4.48. The van der Waals surface area contributed by atoms with Crippen molar-refractivity contribution in [2.45, 2.75) is 13.0 Å². The summed E-state index contributed by atoms with van der Waals surface area (Å²) in [5.41, 5.74) is 10.2. The minimum atomic E-state index is 0.162. The molecule has 5 heavy (non-hydrogen) atoms. The van der Waals surface area contributed by atoms with Gasteiger partial charge in [-0.3, -0.25) is 0 Å². The van der Waals surface area contributed by atoms with E-state index in [1.807, 2.05) is 6.92 Å². The lowest BCUT2D eigenvalue weighted by Crippen LogP contribution is -2.25. The summed E-state index contributed by atoms with van der Waals surface area (Å²) in [5, 5.41) is 0. The van der Waals surface area contributed by atoms with Gasteiger partial charge in [-0.05, 0) is 6.92 Å². The highest BCUT2D eigenvalue weighted by Crippen LogP contribution is 1.59. The van der Waals surface area contributed by atoms with Crippen LogP contribution in [0.4, 0.5) is 0 Å². The van der Waals surface area contributed by atoms with E-state index >= 15 is 0 Å². The van der Waals surface area contributed by atoms with Crippen molar-refractivity contribution in [1.29, 1.82) is 0 Å². The van der Waals surface area contributed by atoms with Crippen LogP contribution in [0.1, 0.15) is 6.92 Å². The standard InChI is InChI=1S/C3H10N2/c1-3(5)2-4/h3H,2,4-5H2,1H3/i1+1,2+1,3+1,4+1. The third-order valence-electron chi connectivity index (χ3n) is 0.372. The molecule has 0 radical (unpaired) electrons. The van der Waals surface area contributed by atoms with E-state index in [4.69, 9.17) is 11.5 Å². The molecule has 0 fully saturated rings. The number of rotatable bonds is 1. The van der Waals surface area contributed by atoms with Crippen molar-refractivity contribution in [3.8, 4) is 0 Å². The molecule has 0 aromatic rings. The molecule has 0 spiro atoms. The van der Waals surface area contributed by atoms with E-state index in [9.17, 15) is 0 Å². The van der Waals surface area contributed by atoms with Crippen molar-refractivity contribution in [1.82, 2.24) is 0 Å². The third-order valence-corrected chi connectivity index (χ3v) is 0.372. The molecule has 0 aromatic heterocycles. The summed E-state index contributed by atoms with van der Waals surface area (Å²) in [6.45, 7) is 2.46. The van der Waals surface area contributed by atoms with Crippen molar-refractivity contribution in [3.05, 3.63) is 0 Å². The lowest BCUT2D eigenvalue weighted by Gasteiger charge is -1.92. The van der Waals surface area contributed by atoms with Crippen LogP contribution in [0.15, 0.2) is 0 Å². The highest BCUT2D eigenvalue weighted by atomic mass is 15.5. The van der Waals surface area contributed by atoms with Gasteiger partial charge >= 0.3 is 0 Å². The molecule has 0 aliphatic heterocycles. The Hall–Kier alpha value is -0.0800. The smallest absolute Gasteiger partial charge is 0.0134 e. The molecule has 1 atom stereocenters. The van der Waals surface area contributed by atoms with Gasteiger partial charge in [-0.25, -0.2) is 0 Å². The van der Waals surface area contributed by atoms with E-state index in [-0.39, 0.29) is 6.04 Å². The van der Waals surface area contributed by atoms with Crippen LogP contribution in [0.2, 0.25) is 0 Å². The fourth-order valence-electron chi connectivity index (χ4n) is 0. The SMILES string of the molecule is [13CH3][13CH](N)[13CH2][15NH2]. The molecule has 4 N–H and O–H groups in total. The summed E-state index contributed by atoms with van der Waals surface area (Å²) < 4.78 is 0. The van der Waals surface area contributed by atoms with Crippen molar-refractivity contribution in [3.63, 3.8) is 0 Å². The van der Waals surface area contributed by atoms with Gasteiger partial charge in [0.25, 0.3) is 0 Å². The first-order valence-corrected chi connectivity index (χ1v) is 1.73. The zero-order valence-corrected chi connectivity index (χ0v) is 3.44. The van der Waals surface area contributed by atoms with Gasteiger partial charge in [-0.2, -0.15) is 0 Å². The molecule has 0 aromatic carbocycles. The van der Waals surface area contributed by atoms with Crippen LogP contribution in [0.3, 0.4) is 0 Å². The van der Waals surface area contributed by atoms with E-state index in [0.717, 1.165) is 0 Å². The van der Waals surface area contributed by atoms with Crippen molar-refractivity contribution in [2.75, 3.05) is 6.54 Å². The summed E-state index contributed by atoms with van der Waals surface area (Å²) in [6.07, 6.45) is 0. The summed E-state index contributed by atoms with van der Waals surface area (Å²) in [5.74, 6) is 0. The summed E-state index contributed by atoms with van der Waals surface area (Å²) in [6, 6.07) is 0.162. The molecule has 0 saturated heterocycles. The molecule has 2 nitrogen and oxygen atoms in total. The third kappa shape index (κ3) is 3.92. The Labute approximate surface area is 32.1 Å². The maximum atomic E-state index is 5.17. The second-order valence-corrected chi connectivity index (χ2v) is 1.21. The predicted octanol–water partition coefficient (Wildman–Crippen LogP) is -0.708. The summed E-state index contributed by atoms with van der Waals surface area (Å²) in [7, 11) is 0. The van der Waals surface area contributed by atoms with Gasteiger partial charge in [0.1, 0.15) is 0 Å². The van der Waals surface area contributed by atoms with Gasteiger partial charge in [-0.15, -0.1) is 0 Å². The average molecular weight is 78.1 g/mol. The van der Waals surface area contributed by atoms with E-state index < -0.39 is 0 Å². The Balaban J connectivity index is 2.54. The first-order chi connectivity index (χ1) is 2.27. The Kier molecular flexibility index (Phi) is 2.14. The van der Waals surface area contributed by atoms with Gasteiger partial charge in [-0.1, -0.05) is 0 Å². The quantitative estimate of drug-likeness (QED) is 0.321. The second kappa shape index (κ2) is 2.18. The van der Waals surface area contributed by atoms with E-state index in [1.54, 1.807) is 0 Å². The Bertz CT molecular complexity index is 18.9. The van der Waals surface area contributed by atoms with Gasteiger partial charge in [0.15, 0.2) is 0 Å². The topological polar surface area (TPSA) is 52.0 Å². The monoisotopic (exact) mass is 78.1 g/mol. The molecule has 1 unspecified atom stereocenters. The molecule has 2 heteroatoms. The number of nitrogens with two attached hydrogens (primary N) is 2. The zero-order chi connectivity index (χ0) is 4.28. The molecule has 0 aliphatic carbocycles. The predicted molar refractivity (Wildman–Crippen MR) is 22.7 cm³/mol. The van der Waals surface area contributed by atoms with Crippen molar-refractivity contribution < 1.29 is 0 Å². The molecule has 0 saturated carbocycles. The number of hydrogen-bond donors (Lipinski definition) is 2. The van der Waals surface area contributed by atoms with Crippen LogP contribution < -0.4 is 11.5 Å². The largest absolute Gasteiger partial charge is 0.329 e. The summed E-state index contributed by atoms with van der Waals surface area (Å²) in [4.78, 5) is 0. The number of hydrogen-bond acceptors (Lipinski definition) is 2. The minimum absolute atomic E-state index is 0.162. The first kappa shape index (κ1) is 4.92. The fraction of sp³-hybridized carbons (Fsp3) is 1.00. The zero-order valence-electron chi connectivity index (χ0n) is 3.44. The molecule has 0 heterocycles. The molecule has 0 bridgehead atoms. The normalized spacial score (nSPS) is 15.0. The van der Waals surface area contributed by atoms with Crippen LogP contribution >= 0.6 is 0 Å². The molecular weight excluding hydrogens is 68.0 g/mol. The lowest BCUT2D eigenvalue weighted by atomic mass is 11.3. The molecule has 0 rings (SSSR count).